The number of aliphatic hydroxyl groups is 1. The van der Waals surface area contributed by atoms with Gasteiger partial charge in [-0.25, -0.2) is 4.79 Å². The van der Waals surface area contributed by atoms with E-state index in [0.29, 0.717) is 25.9 Å². The van der Waals surface area contributed by atoms with E-state index in [4.69, 9.17) is 15.3 Å². The van der Waals surface area contributed by atoms with Crippen LogP contribution in [0.3, 0.4) is 0 Å². The molecule has 2 rings (SSSR count). The summed E-state index contributed by atoms with van der Waals surface area (Å²) in [5.41, 5.74) is 0.298. The first-order chi connectivity index (χ1) is 9.78. The molecule has 6 heteroatoms. The second kappa shape index (κ2) is 8.34. The minimum Gasteiger partial charge on any atom is -0.444 e. The van der Waals surface area contributed by atoms with Crippen molar-refractivity contribution < 1.29 is 14.6 Å². The standard InChI is InChI=1S/C10H18N2O2.C5H11NO/c1-10(2,3)14-9(13)12-6-4-8(11)5-7-12;7-5-1-3-6-4-2-5/h11H,4-7H2,1-3H3;5-7H,1-4H2. The number of hydrogen-bond acceptors (Lipinski definition) is 5. The maximum atomic E-state index is 11.6. The summed E-state index contributed by atoms with van der Waals surface area (Å²) in [6, 6.07) is 0. The fourth-order valence-electron chi connectivity index (χ4n) is 2.09. The van der Waals surface area contributed by atoms with Crippen LogP contribution in [0.5, 0.6) is 0 Å². The summed E-state index contributed by atoms with van der Waals surface area (Å²) in [7, 11) is 0. The van der Waals surface area contributed by atoms with Gasteiger partial charge < -0.3 is 25.5 Å². The lowest BCUT2D eigenvalue weighted by molar-refractivity contribution is 0.0249. The van der Waals surface area contributed by atoms with Gasteiger partial charge in [-0.3, -0.25) is 0 Å². The van der Waals surface area contributed by atoms with Crippen LogP contribution >= 0.6 is 0 Å². The summed E-state index contributed by atoms with van der Waals surface area (Å²) in [4.78, 5) is 13.2. The monoisotopic (exact) mass is 299 g/mol. The zero-order valence-electron chi connectivity index (χ0n) is 13.4. The number of nitrogens with zero attached hydrogens (tertiary/aromatic N) is 1. The molecule has 0 aromatic heterocycles. The van der Waals surface area contributed by atoms with Gasteiger partial charge in [-0.15, -0.1) is 0 Å². The van der Waals surface area contributed by atoms with Crippen LogP contribution in [0.2, 0.25) is 0 Å². The molecule has 0 spiro atoms. The summed E-state index contributed by atoms with van der Waals surface area (Å²) >= 11 is 0. The first kappa shape index (κ1) is 17.9. The van der Waals surface area contributed by atoms with E-state index >= 15 is 0 Å². The lowest BCUT2D eigenvalue weighted by Gasteiger charge is -2.30. The molecule has 0 aliphatic carbocycles. The number of piperidine rings is 2. The Hall–Kier alpha value is -1.14. The van der Waals surface area contributed by atoms with Crippen molar-refractivity contribution >= 4 is 11.8 Å². The Morgan fingerprint density at radius 2 is 1.81 bits per heavy atom. The van der Waals surface area contributed by atoms with Crippen molar-refractivity contribution in [3.05, 3.63) is 0 Å². The number of carbonyl (C=O) groups is 1. The molecule has 0 unspecified atom stereocenters. The third-order valence-corrected chi connectivity index (χ3v) is 3.33. The first-order valence-electron chi connectivity index (χ1n) is 7.71. The Morgan fingerprint density at radius 1 is 1.29 bits per heavy atom. The van der Waals surface area contributed by atoms with Gasteiger partial charge in [-0.2, -0.15) is 0 Å². The Bertz CT molecular complexity index is 337. The fourth-order valence-corrected chi connectivity index (χ4v) is 2.09. The molecule has 1 amide bonds. The van der Waals surface area contributed by atoms with Crippen molar-refractivity contribution in [3.8, 4) is 0 Å². The van der Waals surface area contributed by atoms with Crippen LogP contribution < -0.4 is 5.32 Å². The van der Waals surface area contributed by atoms with E-state index in [2.05, 4.69) is 5.32 Å². The molecule has 0 saturated carbocycles. The number of likely N-dealkylation sites (tertiary alicyclic amines) is 1. The average molecular weight is 299 g/mol. The molecule has 0 bridgehead atoms. The van der Waals surface area contributed by atoms with Crippen molar-refractivity contribution in [3.63, 3.8) is 0 Å². The van der Waals surface area contributed by atoms with Gasteiger partial charge in [0, 0.05) is 31.6 Å². The summed E-state index contributed by atoms with van der Waals surface area (Å²) in [5, 5.41) is 19.4. The van der Waals surface area contributed by atoms with Crippen molar-refractivity contribution in [1.82, 2.24) is 10.2 Å². The van der Waals surface area contributed by atoms with Crippen molar-refractivity contribution in [2.24, 2.45) is 0 Å². The molecule has 2 aliphatic rings. The smallest absolute Gasteiger partial charge is 0.410 e. The van der Waals surface area contributed by atoms with E-state index in [-0.39, 0.29) is 12.2 Å². The third kappa shape index (κ3) is 8.02. The quantitative estimate of drug-likeness (QED) is 0.636. The SMILES string of the molecule is CC(C)(C)OC(=O)N1CCC(=N)CC1.OC1CCNCC1. The number of aliphatic hydroxyl groups excluding tert-OH is 1. The van der Waals surface area contributed by atoms with Crippen molar-refractivity contribution in [2.45, 2.75) is 58.2 Å². The molecule has 6 nitrogen and oxygen atoms in total. The second-order valence-corrected chi connectivity index (χ2v) is 6.55. The lowest BCUT2D eigenvalue weighted by atomic mass is 10.1. The van der Waals surface area contributed by atoms with Crippen LogP contribution in [0.25, 0.3) is 0 Å². The summed E-state index contributed by atoms with van der Waals surface area (Å²) < 4.78 is 5.23. The van der Waals surface area contributed by atoms with Gasteiger partial charge in [0.2, 0.25) is 0 Å². The van der Waals surface area contributed by atoms with E-state index in [0.717, 1.165) is 31.6 Å². The Labute approximate surface area is 127 Å². The zero-order valence-corrected chi connectivity index (χ0v) is 13.4. The molecule has 0 aromatic carbocycles. The molecule has 2 heterocycles. The summed E-state index contributed by atoms with van der Waals surface area (Å²) in [5.74, 6) is 0. The molecule has 0 atom stereocenters. The highest BCUT2D eigenvalue weighted by Crippen LogP contribution is 2.13. The molecular weight excluding hydrogens is 270 g/mol. The van der Waals surface area contributed by atoms with Crippen molar-refractivity contribution in [1.29, 1.82) is 5.41 Å². The number of hydrogen-bond donors (Lipinski definition) is 3. The van der Waals surface area contributed by atoms with Gasteiger partial charge in [0.1, 0.15) is 5.60 Å². The summed E-state index contributed by atoms with van der Waals surface area (Å²) in [6.45, 7) is 8.79. The molecule has 0 aromatic rings. The van der Waals surface area contributed by atoms with Crippen LogP contribution in [0.1, 0.15) is 46.5 Å². The first-order valence-corrected chi connectivity index (χ1v) is 7.71. The lowest BCUT2D eigenvalue weighted by Crippen LogP contribution is -2.41. The largest absolute Gasteiger partial charge is 0.444 e. The molecule has 21 heavy (non-hydrogen) atoms. The Balaban J connectivity index is 0.000000262. The van der Waals surface area contributed by atoms with Gasteiger partial charge in [-0.05, 0) is 46.7 Å². The number of carbonyl (C=O) groups excluding carboxylic acids is 1. The van der Waals surface area contributed by atoms with E-state index in [1.54, 1.807) is 4.90 Å². The highest BCUT2D eigenvalue weighted by atomic mass is 16.6. The van der Waals surface area contributed by atoms with Crippen LogP contribution in [0.4, 0.5) is 4.79 Å². The van der Waals surface area contributed by atoms with E-state index in [1.807, 2.05) is 20.8 Å². The van der Waals surface area contributed by atoms with Crippen LogP contribution in [-0.4, -0.2) is 59.7 Å². The second-order valence-electron chi connectivity index (χ2n) is 6.55. The Morgan fingerprint density at radius 3 is 2.19 bits per heavy atom. The van der Waals surface area contributed by atoms with Crippen LogP contribution in [0, 0.1) is 5.41 Å². The molecule has 2 saturated heterocycles. The topological polar surface area (TPSA) is 85.7 Å². The van der Waals surface area contributed by atoms with Crippen LogP contribution in [-0.2, 0) is 4.74 Å². The van der Waals surface area contributed by atoms with Crippen molar-refractivity contribution in [2.75, 3.05) is 26.2 Å². The predicted octanol–water partition coefficient (Wildman–Crippen LogP) is 1.77. The normalized spacial score (nSPS) is 20.6. The van der Waals surface area contributed by atoms with Gasteiger partial charge in [0.15, 0.2) is 0 Å². The van der Waals surface area contributed by atoms with E-state index in [9.17, 15) is 4.79 Å². The molecule has 122 valence electrons. The van der Waals surface area contributed by atoms with Gasteiger partial charge >= 0.3 is 6.09 Å². The highest BCUT2D eigenvalue weighted by Gasteiger charge is 2.24. The highest BCUT2D eigenvalue weighted by molar-refractivity contribution is 5.84. The number of amides is 1. The minimum absolute atomic E-state index is 0.0266. The van der Waals surface area contributed by atoms with E-state index < -0.39 is 5.60 Å². The Kier molecular flexibility index (Phi) is 7.11. The third-order valence-electron chi connectivity index (χ3n) is 3.33. The number of rotatable bonds is 0. The fraction of sp³-hybridized carbons (Fsp3) is 0.867. The van der Waals surface area contributed by atoms with Gasteiger partial charge in [-0.1, -0.05) is 0 Å². The molecule has 0 radical (unpaired) electrons. The maximum absolute atomic E-state index is 11.6. The summed E-state index contributed by atoms with van der Waals surface area (Å²) in [6.07, 6.45) is 2.93. The van der Waals surface area contributed by atoms with Gasteiger partial charge in [0.05, 0.1) is 6.10 Å². The predicted molar refractivity (Wildman–Crippen MR) is 82.9 cm³/mol. The minimum atomic E-state index is -0.429. The maximum Gasteiger partial charge on any atom is 0.410 e. The zero-order chi connectivity index (χ0) is 15.9. The van der Waals surface area contributed by atoms with Crippen LogP contribution in [0.15, 0.2) is 0 Å². The van der Waals surface area contributed by atoms with Gasteiger partial charge in [0.25, 0.3) is 0 Å². The molecule has 3 N–H and O–H groups in total. The molecule has 2 fully saturated rings. The average Bonchev–Trinajstić information content (AvgIpc) is 2.39. The molecular formula is C15H29N3O3. The molecule has 2 aliphatic heterocycles. The van der Waals surface area contributed by atoms with E-state index in [1.165, 1.54) is 0 Å². The number of ether oxygens (including phenoxy) is 1. The number of nitrogens with one attached hydrogen (secondary N) is 2.